The molecule has 7 heteroatoms. The number of nitrogens with two attached hydrogens (primary N) is 1. The van der Waals surface area contributed by atoms with Crippen molar-refractivity contribution in [3.8, 4) is 0 Å². The molecule has 19 heavy (non-hydrogen) atoms. The van der Waals surface area contributed by atoms with E-state index in [1.165, 1.54) is 16.2 Å². The minimum Gasteiger partial charge on any atom is -0.384 e. The molecule has 0 radical (unpaired) electrons. The summed E-state index contributed by atoms with van der Waals surface area (Å²) in [5.41, 5.74) is 5.72. The van der Waals surface area contributed by atoms with E-state index in [4.69, 9.17) is 28.9 Å². The van der Waals surface area contributed by atoms with Crippen LogP contribution in [-0.2, 0) is 6.54 Å². The molecule has 0 aliphatic carbocycles. The largest absolute Gasteiger partial charge is 0.384 e. The Morgan fingerprint density at radius 1 is 1.37 bits per heavy atom. The molecular formula is C12H11Cl2N3OS. The lowest BCUT2D eigenvalue weighted by atomic mass is 10.3. The Morgan fingerprint density at radius 2 is 2.11 bits per heavy atom. The molecular weight excluding hydrogens is 305 g/mol. The second-order valence-corrected chi connectivity index (χ2v) is 6.14. The topological polar surface area (TPSA) is 59.2 Å². The molecule has 0 unspecified atom stereocenters. The van der Waals surface area contributed by atoms with Gasteiger partial charge in [-0.2, -0.15) is 0 Å². The highest BCUT2D eigenvalue weighted by Crippen LogP contribution is 2.23. The van der Waals surface area contributed by atoms with Crippen molar-refractivity contribution in [3.05, 3.63) is 44.2 Å². The summed E-state index contributed by atoms with van der Waals surface area (Å²) in [6, 6.07) is 6.79. The number of thiophene rings is 1. The quantitative estimate of drug-likeness (QED) is 0.945. The molecule has 2 rings (SSSR count). The summed E-state index contributed by atoms with van der Waals surface area (Å²) >= 11 is 13.2. The van der Waals surface area contributed by atoms with E-state index >= 15 is 0 Å². The first-order valence-electron chi connectivity index (χ1n) is 5.39. The fraction of sp³-hybridized carbons (Fsp3) is 0.167. The van der Waals surface area contributed by atoms with Crippen molar-refractivity contribution >= 4 is 46.3 Å². The fourth-order valence-corrected chi connectivity index (χ4v) is 2.86. The normalized spacial score (nSPS) is 10.5. The van der Waals surface area contributed by atoms with Crippen LogP contribution in [0.15, 0.2) is 24.3 Å². The van der Waals surface area contributed by atoms with Crippen LogP contribution in [0.25, 0.3) is 0 Å². The molecule has 0 bridgehead atoms. The Hall–Kier alpha value is -1.30. The van der Waals surface area contributed by atoms with E-state index in [9.17, 15) is 4.79 Å². The van der Waals surface area contributed by atoms with E-state index < -0.39 is 0 Å². The maximum absolute atomic E-state index is 12.2. The van der Waals surface area contributed by atoms with Crippen molar-refractivity contribution < 1.29 is 4.79 Å². The fourth-order valence-electron chi connectivity index (χ4n) is 1.53. The average molecular weight is 316 g/mol. The number of hydrogen-bond acceptors (Lipinski definition) is 4. The second kappa shape index (κ2) is 5.77. The first kappa shape index (κ1) is 14.1. The molecule has 0 aliphatic rings. The molecule has 2 N–H and O–H groups in total. The molecule has 0 aromatic carbocycles. The van der Waals surface area contributed by atoms with Gasteiger partial charge in [-0.15, -0.1) is 11.3 Å². The van der Waals surface area contributed by atoms with Gasteiger partial charge in [0.25, 0.3) is 5.91 Å². The Morgan fingerprint density at radius 3 is 2.74 bits per heavy atom. The van der Waals surface area contributed by atoms with Crippen LogP contribution in [0.3, 0.4) is 0 Å². The standard InChI is InChI=1S/C12H11Cl2N3OS/c1-17(6-7-2-4-9(14)19-7)12(18)11-8(13)3-5-10(15)16-11/h2-5H,6H2,1H3,(H2,15,16). The summed E-state index contributed by atoms with van der Waals surface area (Å²) in [4.78, 5) is 18.7. The third-order valence-electron chi connectivity index (χ3n) is 2.44. The number of carbonyl (C=O) groups is 1. The Kier molecular flexibility index (Phi) is 4.29. The van der Waals surface area contributed by atoms with Crippen LogP contribution in [0.2, 0.25) is 9.36 Å². The lowest BCUT2D eigenvalue weighted by Gasteiger charge is -2.16. The van der Waals surface area contributed by atoms with Crippen molar-refractivity contribution in [1.29, 1.82) is 0 Å². The van der Waals surface area contributed by atoms with Crippen LogP contribution >= 0.6 is 34.5 Å². The predicted octanol–water partition coefficient (Wildman–Crippen LogP) is 3.30. The van der Waals surface area contributed by atoms with E-state index in [0.717, 1.165) is 4.88 Å². The first-order chi connectivity index (χ1) is 8.97. The molecule has 1 amide bonds. The molecule has 0 aliphatic heterocycles. The van der Waals surface area contributed by atoms with Gasteiger partial charge < -0.3 is 10.6 Å². The van der Waals surface area contributed by atoms with Crippen molar-refractivity contribution in [2.45, 2.75) is 6.54 Å². The van der Waals surface area contributed by atoms with Crippen molar-refractivity contribution in [2.24, 2.45) is 0 Å². The summed E-state index contributed by atoms with van der Waals surface area (Å²) in [5, 5.41) is 0.287. The summed E-state index contributed by atoms with van der Waals surface area (Å²) in [5.74, 6) is -0.0119. The zero-order valence-corrected chi connectivity index (χ0v) is 12.4. The molecule has 100 valence electrons. The lowest BCUT2D eigenvalue weighted by Crippen LogP contribution is -2.27. The number of halogens is 2. The number of pyridine rings is 1. The Labute approximate surface area is 124 Å². The maximum Gasteiger partial charge on any atom is 0.274 e. The number of carbonyl (C=O) groups excluding carboxylic acids is 1. The molecule has 2 heterocycles. The third kappa shape index (κ3) is 3.37. The van der Waals surface area contributed by atoms with Crippen molar-refractivity contribution in [2.75, 3.05) is 12.8 Å². The van der Waals surface area contributed by atoms with E-state index in [0.29, 0.717) is 10.9 Å². The monoisotopic (exact) mass is 315 g/mol. The number of aromatic nitrogens is 1. The number of nitrogen functional groups attached to an aromatic ring is 1. The highest BCUT2D eigenvalue weighted by atomic mass is 35.5. The zero-order valence-electron chi connectivity index (χ0n) is 10.1. The van der Waals surface area contributed by atoms with E-state index in [1.54, 1.807) is 25.2 Å². The molecule has 0 fully saturated rings. The number of hydrogen-bond donors (Lipinski definition) is 1. The number of amides is 1. The summed E-state index contributed by atoms with van der Waals surface area (Å²) in [6.07, 6.45) is 0. The highest BCUT2D eigenvalue weighted by molar-refractivity contribution is 7.16. The number of anilines is 1. The molecule has 0 atom stereocenters. The van der Waals surface area contributed by atoms with E-state index in [2.05, 4.69) is 4.98 Å². The van der Waals surface area contributed by atoms with Crippen LogP contribution in [0.1, 0.15) is 15.4 Å². The van der Waals surface area contributed by atoms with Crippen LogP contribution < -0.4 is 5.73 Å². The molecule has 2 aromatic heterocycles. The SMILES string of the molecule is CN(Cc1ccc(Cl)s1)C(=O)c1nc(N)ccc1Cl. The van der Waals surface area contributed by atoms with Crippen LogP contribution in [0.4, 0.5) is 5.82 Å². The maximum atomic E-state index is 12.2. The van der Waals surface area contributed by atoms with Gasteiger partial charge in [-0.25, -0.2) is 4.98 Å². The van der Waals surface area contributed by atoms with Gasteiger partial charge in [0.15, 0.2) is 0 Å². The van der Waals surface area contributed by atoms with Gasteiger partial charge in [0.1, 0.15) is 11.5 Å². The number of rotatable bonds is 3. The van der Waals surface area contributed by atoms with Crippen LogP contribution in [0.5, 0.6) is 0 Å². The zero-order chi connectivity index (χ0) is 14.0. The number of nitrogens with zero attached hydrogens (tertiary/aromatic N) is 2. The van der Waals surface area contributed by atoms with Gasteiger partial charge in [-0.1, -0.05) is 23.2 Å². The van der Waals surface area contributed by atoms with Gasteiger partial charge in [-0.05, 0) is 24.3 Å². The van der Waals surface area contributed by atoms with Gasteiger partial charge in [0.2, 0.25) is 0 Å². The predicted molar refractivity (Wildman–Crippen MR) is 78.8 cm³/mol. The molecule has 0 saturated heterocycles. The summed E-state index contributed by atoms with van der Waals surface area (Å²) in [6.45, 7) is 0.447. The minimum atomic E-state index is -0.276. The summed E-state index contributed by atoms with van der Waals surface area (Å²) < 4.78 is 0.691. The Balaban J connectivity index is 2.16. The van der Waals surface area contributed by atoms with E-state index in [-0.39, 0.29) is 22.4 Å². The molecule has 4 nitrogen and oxygen atoms in total. The molecule has 0 saturated carbocycles. The molecule has 2 aromatic rings. The van der Waals surface area contributed by atoms with Crippen molar-refractivity contribution in [1.82, 2.24) is 9.88 Å². The molecule has 0 spiro atoms. The second-order valence-electron chi connectivity index (χ2n) is 3.93. The lowest BCUT2D eigenvalue weighted by molar-refractivity contribution is 0.0781. The third-order valence-corrected chi connectivity index (χ3v) is 3.96. The minimum absolute atomic E-state index is 0.159. The summed E-state index contributed by atoms with van der Waals surface area (Å²) in [7, 11) is 1.68. The highest BCUT2D eigenvalue weighted by Gasteiger charge is 2.18. The smallest absolute Gasteiger partial charge is 0.274 e. The van der Waals surface area contributed by atoms with Gasteiger partial charge >= 0.3 is 0 Å². The Bertz CT molecular complexity index is 615. The van der Waals surface area contributed by atoms with Crippen LogP contribution in [0, 0.1) is 0 Å². The van der Waals surface area contributed by atoms with E-state index in [1.807, 2.05) is 6.07 Å². The van der Waals surface area contributed by atoms with Gasteiger partial charge in [0.05, 0.1) is 15.9 Å². The van der Waals surface area contributed by atoms with Crippen molar-refractivity contribution in [3.63, 3.8) is 0 Å². The van der Waals surface area contributed by atoms with Crippen LogP contribution in [-0.4, -0.2) is 22.8 Å². The first-order valence-corrected chi connectivity index (χ1v) is 6.96. The van der Waals surface area contributed by atoms with Gasteiger partial charge in [-0.3, -0.25) is 4.79 Å². The van der Waals surface area contributed by atoms with Gasteiger partial charge in [0, 0.05) is 11.9 Å². The average Bonchev–Trinajstić information content (AvgIpc) is 2.77.